The van der Waals surface area contributed by atoms with Gasteiger partial charge in [0, 0.05) is 26.2 Å². The van der Waals surface area contributed by atoms with Crippen molar-refractivity contribution in [2.75, 3.05) is 26.2 Å². The zero-order chi connectivity index (χ0) is 14.1. The van der Waals surface area contributed by atoms with Crippen molar-refractivity contribution in [3.63, 3.8) is 0 Å². The zero-order valence-corrected chi connectivity index (χ0v) is 13.8. The average molecular weight is 379 g/mol. The standard InChI is InChI=1S/C8H14Cl6N4/c9-7(10,11)5(15)17-1-2-18(4-3-17)6(16)8(12,13)14/h5-6H,1-4,15-16H2. The van der Waals surface area contributed by atoms with E-state index in [2.05, 4.69) is 0 Å². The highest BCUT2D eigenvalue weighted by Crippen LogP contribution is 2.33. The minimum absolute atomic E-state index is 0.587. The smallest absolute Gasteiger partial charge is 0.218 e. The van der Waals surface area contributed by atoms with Crippen molar-refractivity contribution in [2.45, 2.75) is 19.9 Å². The van der Waals surface area contributed by atoms with Gasteiger partial charge in [0.15, 0.2) is 0 Å². The Morgan fingerprint density at radius 2 is 0.889 bits per heavy atom. The predicted octanol–water partition coefficient (Wildman–Crippen LogP) is 1.91. The molecular weight excluding hydrogens is 365 g/mol. The second-order valence-corrected chi connectivity index (χ2v) is 8.78. The van der Waals surface area contributed by atoms with Crippen molar-refractivity contribution in [2.24, 2.45) is 11.5 Å². The van der Waals surface area contributed by atoms with Gasteiger partial charge in [0.1, 0.15) is 12.3 Å². The van der Waals surface area contributed by atoms with Crippen molar-refractivity contribution >= 4 is 69.6 Å². The molecule has 10 heteroatoms. The maximum atomic E-state index is 5.83. The highest BCUT2D eigenvalue weighted by molar-refractivity contribution is 6.68. The minimum Gasteiger partial charge on any atom is -0.312 e. The normalized spacial score (nSPS) is 24.0. The van der Waals surface area contributed by atoms with E-state index < -0.39 is 19.9 Å². The van der Waals surface area contributed by atoms with E-state index >= 15 is 0 Å². The highest BCUT2D eigenvalue weighted by atomic mass is 35.6. The summed E-state index contributed by atoms with van der Waals surface area (Å²) in [5, 5.41) is 0. The number of hydrogen-bond acceptors (Lipinski definition) is 4. The van der Waals surface area contributed by atoms with Crippen LogP contribution in [-0.4, -0.2) is 55.9 Å². The predicted molar refractivity (Wildman–Crippen MR) is 79.7 cm³/mol. The molecule has 1 fully saturated rings. The van der Waals surface area contributed by atoms with Crippen LogP contribution in [0.25, 0.3) is 0 Å². The molecule has 1 rings (SSSR count). The number of hydrogen-bond donors (Lipinski definition) is 2. The summed E-state index contributed by atoms with van der Waals surface area (Å²) in [6.45, 7) is 2.35. The van der Waals surface area contributed by atoms with E-state index in [1.54, 1.807) is 0 Å². The molecular formula is C8H14Cl6N4. The quantitative estimate of drug-likeness (QED) is 0.721. The Balaban J connectivity index is 2.52. The van der Waals surface area contributed by atoms with Crippen molar-refractivity contribution in [1.29, 1.82) is 0 Å². The molecule has 4 N–H and O–H groups in total. The molecule has 2 unspecified atom stereocenters. The highest BCUT2D eigenvalue weighted by Gasteiger charge is 2.39. The maximum Gasteiger partial charge on any atom is 0.218 e. The van der Waals surface area contributed by atoms with Crippen LogP contribution in [0.2, 0.25) is 0 Å². The monoisotopic (exact) mass is 376 g/mol. The van der Waals surface area contributed by atoms with E-state index in [1.165, 1.54) is 0 Å². The summed E-state index contributed by atoms with van der Waals surface area (Å²) in [5.74, 6) is 0. The Bertz CT molecular complexity index is 242. The van der Waals surface area contributed by atoms with Gasteiger partial charge in [-0.3, -0.25) is 9.80 Å². The molecule has 0 radical (unpaired) electrons. The largest absolute Gasteiger partial charge is 0.312 e. The lowest BCUT2D eigenvalue weighted by Crippen LogP contribution is -2.62. The third-order valence-corrected chi connectivity index (χ3v) is 4.15. The van der Waals surface area contributed by atoms with Crippen LogP contribution in [0.4, 0.5) is 0 Å². The van der Waals surface area contributed by atoms with Gasteiger partial charge in [0.25, 0.3) is 0 Å². The molecule has 108 valence electrons. The van der Waals surface area contributed by atoms with Crippen molar-refractivity contribution in [3.05, 3.63) is 0 Å². The number of alkyl halides is 6. The molecule has 0 aromatic carbocycles. The summed E-state index contributed by atoms with van der Waals surface area (Å²) < 4.78 is -3.06. The van der Waals surface area contributed by atoms with E-state index in [9.17, 15) is 0 Å². The van der Waals surface area contributed by atoms with Gasteiger partial charge in [-0.15, -0.1) is 0 Å². The molecule has 0 amide bonds. The first-order valence-corrected chi connectivity index (χ1v) is 7.43. The summed E-state index contributed by atoms with van der Waals surface area (Å²) in [4.78, 5) is 3.71. The van der Waals surface area contributed by atoms with Crippen molar-refractivity contribution in [1.82, 2.24) is 9.80 Å². The van der Waals surface area contributed by atoms with E-state index in [0.717, 1.165) is 0 Å². The molecule has 1 aliphatic heterocycles. The number of nitrogens with zero attached hydrogens (tertiary/aromatic N) is 2. The molecule has 0 aromatic heterocycles. The van der Waals surface area contributed by atoms with Gasteiger partial charge in [0.05, 0.1) is 0 Å². The molecule has 1 heterocycles. The summed E-state index contributed by atoms with van der Waals surface area (Å²) in [7, 11) is 0. The van der Waals surface area contributed by atoms with Gasteiger partial charge in [-0.2, -0.15) is 0 Å². The summed E-state index contributed by atoms with van der Waals surface area (Å²) in [6.07, 6.45) is -1.35. The van der Waals surface area contributed by atoms with Crippen LogP contribution in [0, 0.1) is 0 Å². The Labute approximate surface area is 136 Å². The topological polar surface area (TPSA) is 58.5 Å². The summed E-state index contributed by atoms with van der Waals surface area (Å²) >= 11 is 34.5. The molecule has 0 saturated carbocycles. The Hall–Kier alpha value is 1.58. The third-order valence-electron chi connectivity index (χ3n) is 2.81. The first-order chi connectivity index (χ1) is 8.03. The Morgan fingerprint density at radius 3 is 1.06 bits per heavy atom. The van der Waals surface area contributed by atoms with E-state index in [0.29, 0.717) is 26.2 Å². The number of nitrogens with two attached hydrogens (primary N) is 2. The van der Waals surface area contributed by atoms with E-state index in [4.69, 9.17) is 81.1 Å². The fourth-order valence-corrected chi connectivity index (χ4v) is 2.54. The van der Waals surface area contributed by atoms with Crippen LogP contribution in [0.5, 0.6) is 0 Å². The number of halogens is 6. The van der Waals surface area contributed by atoms with Crippen LogP contribution in [0.15, 0.2) is 0 Å². The molecule has 1 aliphatic rings. The fourth-order valence-electron chi connectivity index (χ4n) is 1.71. The Kier molecular flexibility index (Phi) is 6.43. The summed E-state index contributed by atoms with van der Waals surface area (Å²) in [6, 6.07) is 0. The van der Waals surface area contributed by atoms with Crippen LogP contribution in [0.1, 0.15) is 0 Å². The maximum absolute atomic E-state index is 5.83. The van der Waals surface area contributed by atoms with Crippen LogP contribution >= 0.6 is 69.6 Å². The fraction of sp³-hybridized carbons (Fsp3) is 1.00. The van der Waals surface area contributed by atoms with Crippen LogP contribution in [-0.2, 0) is 0 Å². The Morgan fingerprint density at radius 1 is 0.667 bits per heavy atom. The van der Waals surface area contributed by atoms with Gasteiger partial charge in [-0.1, -0.05) is 69.6 Å². The molecule has 1 saturated heterocycles. The minimum atomic E-state index is -1.53. The second kappa shape index (κ2) is 6.56. The SMILES string of the molecule is NC(N1CCN(C(N)C(Cl)(Cl)Cl)CC1)C(Cl)(Cl)Cl. The summed E-state index contributed by atoms with van der Waals surface area (Å²) in [5.41, 5.74) is 11.7. The molecule has 18 heavy (non-hydrogen) atoms. The van der Waals surface area contributed by atoms with Crippen molar-refractivity contribution < 1.29 is 0 Å². The first kappa shape index (κ1) is 17.6. The lowest BCUT2D eigenvalue weighted by molar-refractivity contribution is 0.0737. The van der Waals surface area contributed by atoms with Gasteiger partial charge in [-0.25, -0.2) is 0 Å². The van der Waals surface area contributed by atoms with E-state index in [1.807, 2.05) is 9.80 Å². The van der Waals surface area contributed by atoms with Crippen LogP contribution in [0.3, 0.4) is 0 Å². The molecule has 0 aliphatic carbocycles. The first-order valence-electron chi connectivity index (χ1n) is 5.16. The van der Waals surface area contributed by atoms with Gasteiger partial charge >= 0.3 is 0 Å². The number of piperazine rings is 1. The lowest BCUT2D eigenvalue weighted by atomic mass is 10.3. The molecule has 4 nitrogen and oxygen atoms in total. The molecule has 2 atom stereocenters. The van der Waals surface area contributed by atoms with Gasteiger partial charge in [0.2, 0.25) is 7.59 Å². The van der Waals surface area contributed by atoms with Gasteiger partial charge < -0.3 is 11.5 Å². The molecule has 0 bridgehead atoms. The molecule has 0 spiro atoms. The van der Waals surface area contributed by atoms with E-state index in [-0.39, 0.29) is 0 Å². The average Bonchev–Trinajstić information content (AvgIpc) is 2.25. The lowest BCUT2D eigenvalue weighted by Gasteiger charge is -2.42. The third kappa shape index (κ3) is 4.85. The number of rotatable bonds is 2. The van der Waals surface area contributed by atoms with Crippen molar-refractivity contribution in [3.8, 4) is 0 Å². The van der Waals surface area contributed by atoms with Crippen LogP contribution < -0.4 is 11.5 Å². The molecule has 0 aromatic rings. The zero-order valence-electron chi connectivity index (χ0n) is 9.30. The second-order valence-electron chi connectivity index (χ2n) is 4.04. The van der Waals surface area contributed by atoms with Gasteiger partial charge in [-0.05, 0) is 0 Å².